The summed E-state index contributed by atoms with van der Waals surface area (Å²) in [4.78, 5) is 12.5. The molecule has 1 amide bonds. The van der Waals surface area contributed by atoms with E-state index < -0.39 is 0 Å². The maximum atomic E-state index is 12.5. The Morgan fingerprint density at radius 2 is 2.00 bits per heavy atom. The predicted molar refractivity (Wildman–Crippen MR) is 102 cm³/mol. The van der Waals surface area contributed by atoms with Crippen molar-refractivity contribution in [2.45, 2.75) is 17.7 Å². The van der Waals surface area contributed by atoms with Crippen molar-refractivity contribution in [1.82, 2.24) is 5.32 Å². The fourth-order valence-electron chi connectivity index (χ4n) is 2.78. The fourth-order valence-corrected chi connectivity index (χ4v) is 4.11. The number of benzene rings is 2. The van der Waals surface area contributed by atoms with Crippen LogP contribution in [0.4, 0.5) is 5.69 Å². The van der Waals surface area contributed by atoms with E-state index in [1.807, 2.05) is 36.4 Å². The van der Waals surface area contributed by atoms with Crippen LogP contribution in [-0.2, 0) is 4.79 Å². The molecule has 24 heavy (non-hydrogen) atoms. The summed E-state index contributed by atoms with van der Waals surface area (Å²) >= 11 is 7.65. The maximum Gasteiger partial charge on any atom is 0.237 e. The maximum absolute atomic E-state index is 12.5. The molecule has 0 saturated carbocycles. The smallest absolute Gasteiger partial charge is 0.237 e. The third-order valence-electron chi connectivity index (χ3n) is 4.14. The fraction of sp³-hybridized carbons (Fsp3) is 0.278. The van der Waals surface area contributed by atoms with Crippen LogP contribution in [0.25, 0.3) is 11.1 Å². The van der Waals surface area contributed by atoms with Gasteiger partial charge in [-0.1, -0.05) is 35.9 Å². The Bertz CT molecular complexity index is 753. The molecule has 0 aliphatic carbocycles. The summed E-state index contributed by atoms with van der Waals surface area (Å²) in [7, 11) is 0. The van der Waals surface area contributed by atoms with E-state index in [4.69, 9.17) is 23.1 Å². The number of halogens is 1. The number of amides is 1. The van der Waals surface area contributed by atoms with Gasteiger partial charge in [0.1, 0.15) is 5.25 Å². The van der Waals surface area contributed by atoms with Gasteiger partial charge in [-0.25, -0.2) is 0 Å². The Morgan fingerprint density at radius 3 is 2.75 bits per heavy atom. The number of nitrogen functional groups attached to an aromatic ring is 1. The van der Waals surface area contributed by atoms with E-state index in [0.717, 1.165) is 28.9 Å². The number of thioether (sulfide) groups is 1. The number of rotatable bonds is 3. The lowest BCUT2D eigenvalue weighted by molar-refractivity contribution is -0.121. The Kier molecular flexibility index (Phi) is 5.33. The average molecular weight is 362 g/mol. The molecule has 2 atom stereocenters. The number of hydrogen-bond donors (Lipinski definition) is 3. The van der Waals surface area contributed by atoms with Crippen molar-refractivity contribution in [3.63, 3.8) is 0 Å². The monoisotopic (exact) mass is 361 g/mol. The quantitative estimate of drug-likeness (QED) is 0.733. The minimum Gasteiger partial charge on any atom is -0.398 e. The third kappa shape index (κ3) is 3.69. The van der Waals surface area contributed by atoms with Gasteiger partial charge < -0.3 is 16.8 Å². The first-order chi connectivity index (χ1) is 11.6. The molecule has 1 saturated heterocycles. The van der Waals surface area contributed by atoms with Crippen LogP contribution in [0.1, 0.15) is 17.2 Å². The molecule has 126 valence electrons. The first-order valence-electron chi connectivity index (χ1n) is 7.86. The average Bonchev–Trinajstić information content (AvgIpc) is 2.78. The third-order valence-corrected chi connectivity index (χ3v) is 5.77. The molecular formula is C18H20ClN3OS. The molecule has 1 heterocycles. The predicted octanol–water partition coefficient (Wildman–Crippen LogP) is 3.21. The number of carbonyl (C=O) groups excluding carboxylic acids is 1. The second-order valence-electron chi connectivity index (χ2n) is 5.84. The van der Waals surface area contributed by atoms with Gasteiger partial charge in [0.2, 0.25) is 5.91 Å². The van der Waals surface area contributed by atoms with Crippen molar-refractivity contribution in [2.75, 3.05) is 18.0 Å². The Morgan fingerprint density at radius 1 is 1.21 bits per heavy atom. The normalized spacial score (nSPS) is 21.2. The van der Waals surface area contributed by atoms with Gasteiger partial charge in [-0.15, -0.1) is 11.8 Å². The zero-order valence-electron chi connectivity index (χ0n) is 13.2. The molecule has 0 radical (unpaired) electrons. The van der Waals surface area contributed by atoms with Crippen molar-refractivity contribution in [2.24, 2.45) is 5.73 Å². The van der Waals surface area contributed by atoms with Crippen LogP contribution in [0, 0.1) is 0 Å². The molecule has 5 N–H and O–H groups in total. The summed E-state index contributed by atoms with van der Waals surface area (Å²) in [6.45, 7) is 0.475. The number of nitrogens with two attached hydrogens (primary N) is 2. The van der Waals surface area contributed by atoms with Crippen molar-refractivity contribution in [1.29, 1.82) is 0 Å². The summed E-state index contributed by atoms with van der Waals surface area (Å²) in [6.07, 6.45) is 0.900. The van der Waals surface area contributed by atoms with Crippen molar-refractivity contribution in [3.8, 4) is 11.1 Å². The van der Waals surface area contributed by atoms with E-state index in [2.05, 4.69) is 5.32 Å². The zero-order chi connectivity index (χ0) is 17.1. The summed E-state index contributed by atoms with van der Waals surface area (Å²) in [5.41, 5.74) is 15.1. The van der Waals surface area contributed by atoms with Crippen LogP contribution in [-0.4, -0.2) is 24.2 Å². The molecule has 3 rings (SSSR count). The highest BCUT2D eigenvalue weighted by atomic mass is 35.5. The van der Waals surface area contributed by atoms with Crippen LogP contribution >= 0.6 is 23.4 Å². The van der Waals surface area contributed by atoms with E-state index in [1.165, 1.54) is 0 Å². The molecule has 0 bridgehead atoms. The summed E-state index contributed by atoms with van der Waals surface area (Å²) in [5.74, 6) is 0.935. The summed E-state index contributed by atoms with van der Waals surface area (Å²) in [6, 6.07) is 13.6. The van der Waals surface area contributed by atoms with Crippen molar-refractivity contribution >= 4 is 35.0 Å². The number of anilines is 1. The zero-order valence-corrected chi connectivity index (χ0v) is 14.7. The van der Waals surface area contributed by atoms with Gasteiger partial charge in [0, 0.05) is 12.6 Å². The largest absolute Gasteiger partial charge is 0.398 e. The summed E-state index contributed by atoms with van der Waals surface area (Å²) < 4.78 is 0. The van der Waals surface area contributed by atoms with Crippen LogP contribution in [0.15, 0.2) is 42.5 Å². The van der Waals surface area contributed by atoms with E-state index in [0.29, 0.717) is 17.3 Å². The molecule has 0 spiro atoms. The van der Waals surface area contributed by atoms with Gasteiger partial charge in [-0.3, -0.25) is 4.79 Å². The molecule has 1 aliphatic rings. The van der Waals surface area contributed by atoms with Gasteiger partial charge in [-0.2, -0.15) is 0 Å². The summed E-state index contributed by atoms with van der Waals surface area (Å²) in [5, 5.41) is 3.36. The lowest BCUT2D eigenvalue weighted by Gasteiger charge is -2.16. The minimum absolute atomic E-state index is 0.0284. The highest BCUT2D eigenvalue weighted by Crippen LogP contribution is 2.35. The van der Waals surface area contributed by atoms with Crippen LogP contribution in [0.3, 0.4) is 0 Å². The second kappa shape index (κ2) is 7.47. The highest BCUT2D eigenvalue weighted by Gasteiger charge is 2.27. The molecule has 2 aromatic carbocycles. The standard InChI is InChI=1S/C18H20ClN3OS/c19-15-5-4-12(9-16(15)21)11-2-1-3-13(8-11)17-18(23)22-14(10-20)6-7-24-17/h1-5,8-9,14,17H,6-7,10,20-21H2,(H,22,23)/t14-,17+/m0/s1. The Labute approximate surface area is 150 Å². The highest BCUT2D eigenvalue weighted by molar-refractivity contribution is 8.00. The molecule has 4 nitrogen and oxygen atoms in total. The first-order valence-corrected chi connectivity index (χ1v) is 9.28. The second-order valence-corrected chi connectivity index (χ2v) is 7.46. The van der Waals surface area contributed by atoms with Gasteiger partial charge in [-0.05, 0) is 47.1 Å². The van der Waals surface area contributed by atoms with E-state index >= 15 is 0 Å². The number of carbonyl (C=O) groups is 1. The van der Waals surface area contributed by atoms with Crippen LogP contribution in [0.2, 0.25) is 5.02 Å². The molecule has 0 aromatic heterocycles. The number of nitrogens with one attached hydrogen (secondary N) is 1. The van der Waals surface area contributed by atoms with Gasteiger partial charge >= 0.3 is 0 Å². The molecule has 2 aromatic rings. The first kappa shape index (κ1) is 17.1. The van der Waals surface area contributed by atoms with E-state index in [9.17, 15) is 4.79 Å². The van der Waals surface area contributed by atoms with Crippen LogP contribution < -0.4 is 16.8 Å². The van der Waals surface area contributed by atoms with Gasteiger partial charge in [0.25, 0.3) is 0 Å². The molecule has 6 heteroatoms. The molecular weight excluding hydrogens is 342 g/mol. The van der Waals surface area contributed by atoms with Crippen molar-refractivity contribution in [3.05, 3.63) is 53.1 Å². The molecule has 1 aliphatic heterocycles. The van der Waals surface area contributed by atoms with E-state index in [1.54, 1.807) is 17.8 Å². The SMILES string of the molecule is NC[C@@H]1CCS[C@H](c2cccc(-c3ccc(Cl)c(N)c3)c2)C(=O)N1. The molecule has 1 fully saturated rings. The van der Waals surface area contributed by atoms with Gasteiger partial charge in [0.05, 0.1) is 10.7 Å². The Hall–Kier alpha value is -1.69. The topological polar surface area (TPSA) is 81.1 Å². The van der Waals surface area contributed by atoms with Crippen LogP contribution in [0.5, 0.6) is 0 Å². The Balaban J connectivity index is 1.89. The van der Waals surface area contributed by atoms with Crippen molar-refractivity contribution < 1.29 is 4.79 Å². The minimum atomic E-state index is -0.217. The van der Waals surface area contributed by atoms with Gasteiger partial charge in [0.15, 0.2) is 0 Å². The lowest BCUT2D eigenvalue weighted by Crippen LogP contribution is -2.40. The van der Waals surface area contributed by atoms with E-state index in [-0.39, 0.29) is 17.2 Å². The number of hydrogen-bond acceptors (Lipinski definition) is 4. The lowest BCUT2D eigenvalue weighted by atomic mass is 10.0. The molecule has 0 unspecified atom stereocenters.